The number of hydrogen-bond donors (Lipinski definition) is 0. The number of aryl methyl sites for hydroxylation is 1. The lowest BCUT2D eigenvalue weighted by molar-refractivity contribution is 0.0904. The molecule has 1 fully saturated rings. The number of anilines is 1. The molecule has 1 unspecified atom stereocenters. The van der Waals surface area contributed by atoms with Gasteiger partial charge in [0.1, 0.15) is 17.4 Å². The molecule has 0 aliphatic carbocycles. The van der Waals surface area contributed by atoms with Gasteiger partial charge in [-0.25, -0.2) is 9.97 Å². The standard InChI is InChI=1S/C18H21N3O2/c1-13-19-10-9-17(20-13)21-11-5-6-14(12-21)18(22)15-7-3-4-8-16(15)23-2/h3-4,7-10,14H,5-6,11-12H2,1-2H3. The fraction of sp³-hybridized carbons (Fsp3) is 0.389. The lowest BCUT2D eigenvalue weighted by atomic mass is 9.89. The molecule has 0 bridgehead atoms. The van der Waals surface area contributed by atoms with E-state index >= 15 is 0 Å². The molecular formula is C18H21N3O2. The second kappa shape index (κ2) is 6.77. The number of methoxy groups -OCH3 is 1. The molecule has 1 aromatic heterocycles. The molecule has 2 heterocycles. The number of ether oxygens (including phenoxy) is 1. The number of carbonyl (C=O) groups excluding carboxylic acids is 1. The van der Waals surface area contributed by atoms with Gasteiger partial charge in [-0.05, 0) is 38.0 Å². The van der Waals surface area contributed by atoms with Crippen molar-refractivity contribution in [2.75, 3.05) is 25.1 Å². The Morgan fingerprint density at radius 1 is 1.30 bits per heavy atom. The zero-order valence-electron chi connectivity index (χ0n) is 13.5. The van der Waals surface area contributed by atoms with Gasteiger partial charge < -0.3 is 9.64 Å². The maximum absolute atomic E-state index is 12.9. The molecule has 1 aliphatic heterocycles. The van der Waals surface area contributed by atoms with Crippen LogP contribution in [-0.4, -0.2) is 36.0 Å². The van der Waals surface area contributed by atoms with Crippen LogP contribution in [0.5, 0.6) is 5.75 Å². The number of Topliss-reactive ketones (excluding diaryl/α,β-unsaturated/α-hetero) is 1. The minimum atomic E-state index is -0.0321. The Bertz CT molecular complexity index is 702. The Kier molecular flexibility index (Phi) is 4.55. The summed E-state index contributed by atoms with van der Waals surface area (Å²) < 4.78 is 5.33. The van der Waals surface area contributed by atoms with Crippen molar-refractivity contribution in [3.63, 3.8) is 0 Å². The molecule has 1 atom stereocenters. The first-order valence-electron chi connectivity index (χ1n) is 7.91. The maximum Gasteiger partial charge on any atom is 0.171 e. The summed E-state index contributed by atoms with van der Waals surface area (Å²) in [4.78, 5) is 23.7. The minimum absolute atomic E-state index is 0.0321. The van der Waals surface area contributed by atoms with Crippen LogP contribution in [0.25, 0.3) is 0 Å². The normalized spacial score (nSPS) is 17.8. The molecule has 1 saturated heterocycles. The number of para-hydroxylation sites is 1. The quantitative estimate of drug-likeness (QED) is 0.813. The van der Waals surface area contributed by atoms with Crippen molar-refractivity contribution in [3.05, 3.63) is 47.9 Å². The maximum atomic E-state index is 12.9. The first-order valence-corrected chi connectivity index (χ1v) is 7.91. The van der Waals surface area contributed by atoms with Crippen LogP contribution in [0.3, 0.4) is 0 Å². The first kappa shape index (κ1) is 15.5. The SMILES string of the molecule is COc1ccccc1C(=O)C1CCCN(c2ccnc(C)n2)C1. The van der Waals surface area contributed by atoms with Crippen molar-refractivity contribution >= 4 is 11.6 Å². The zero-order chi connectivity index (χ0) is 16.2. The highest BCUT2D eigenvalue weighted by Gasteiger charge is 2.28. The molecule has 0 amide bonds. The van der Waals surface area contributed by atoms with E-state index in [1.807, 2.05) is 37.3 Å². The number of nitrogens with zero attached hydrogens (tertiary/aromatic N) is 3. The summed E-state index contributed by atoms with van der Waals surface area (Å²) in [5, 5.41) is 0. The number of hydrogen-bond acceptors (Lipinski definition) is 5. The van der Waals surface area contributed by atoms with Crippen molar-refractivity contribution < 1.29 is 9.53 Å². The summed E-state index contributed by atoms with van der Waals surface area (Å²) in [6.45, 7) is 3.49. The van der Waals surface area contributed by atoms with Gasteiger partial charge in [0.05, 0.1) is 12.7 Å². The number of ketones is 1. The van der Waals surface area contributed by atoms with Crippen LogP contribution < -0.4 is 9.64 Å². The van der Waals surface area contributed by atoms with E-state index in [4.69, 9.17) is 4.74 Å². The second-order valence-corrected chi connectivity index (χ2v) is 5.81. The average Bonchev–Trinajstić information content (AvgIpc) is 2.61. The molecule has 5 heteroatoms. The molecule has 0 spiro atoms. The molecule has 3 rings (SSSR count). The van der Waals surface area contributed by atoms with Crippen LogP contribution in [0.2, 0.25) is 0 Å². The van der Waals surface area contributed by atoms with Crippen molar-refractivity contribution in [1.82, 2.24) is 9.97 Å². The molecule has 1 aromatic carbocycles. The lowest BCUT2D eigenvalue weighted by Gasteiger charge is -2.33. The summed E-state index contributed by atoms with van der Waals surface area (Å²) in [5.74, 6) is 2.41. The van der Waals surface area contributed by atoms with Gasteiger partial charge in [-0.2, -0.15) is 0 Å². The van der Waals surface area contributed by atoms with Crippen molar-refractivity contribution in [1.29, 1.82) is 0 Å². The van der Waals surface area contributed by atoms with Crippen molar-refractivity contribution in [2.45, 2.75) is 19.8 Å². The van der Waals surface area contributed by atoms with E-state index in [-0.39, 0.29) is 11.7 Å². The topological polar surface area (TPSA) is 55.3 Å². The predicted molar refractivity (Wildman–Crippen MR) is 89.0 cm³/mol. The van der Waals surface area contributed by atoms with Crippen LogP contribution in [-0.2, 0) is 0 Å². The van der Waals surface area contributed by atoms with Gasteiger partial charge in [0.15, 0.2) is 5.78 Å². The highest BCUT2D eigenvalue weighted by atomic mass is 16.5. The lowest BCUT2D eigenvalue weighted by Crippen LogP contribution is -2.39. The monoisotopic (exact) mass is 311 g/mol. The van der Waals surface area contributed by atoms with E-state index in [9.17, 15) is 4.79 Å². The number of rotatable bonds is 4. The van der Waals surface area contributed by atoms with Gasteiger partial charge in [0, 0.05) is 25.2 Å². The Hall–Kier alpha value is -2.43. The highest BCUT2D eigenvalue weighted by molar-refractivity contribution is 6.00. The fourth-order valence-corrected chi connectivity index (χ4v) is 3.09. The van der Waals surface area contributed by atoms with Crippen molar-refractivity contribution in [2.24, 2.45) is 5.92 Å². The van der Waals surface area contributed by atoms with E-state index in [1.54, 1.807) is 13.3 Å². The fourth-order valence-electron chi connectivity index (χ4n) is 3.09. The molecule has 0 saturated carbocycles. The van der Waals surface area contributed by atoms with Crippen LogP contribution in [0.15, 0.2) is 36.5 Å². The van der Waals surface area contributed by atoms with Gasteiger partial charge in [-0.3, -0.25) is 4.79 Å². The van der Waals surface area contributed by atoms with Crippen LogP contribution >= 0.6 is 0 Å². The molecule has 0 radical (unpaired) electrons. The van der Waals surface area contributed by atoms with Crippen LogP contribution in [0.1, 0.15) is 29.0 Å². The van der Waals surface area contributed by atoms with E-state index in [0.29, 0.717) is 17.9 Å². The van der Waals surface area contributed by atoms with Gasteiger partial charge in [0.25, 0.3) is 0 Å². The Balaban J connectivity index is 1.79. The Labute approximate surface area is 136 Å². The molecule has 5 nitrogen and oxygen atoms in total. The van der Waals surface area contributed by atoms with Gasteiger partial charge >= 0.3 is 0 Å². The third-order valence-electron chi connectivity index (χ3n) is 4.25. The third-order valence-corrected chi connectivity index (χ3v) is 4.25. The summed E-state index contributed by atoms with van der Waals surface area (Å²) in [6.07, 6.45) is 3.65. The summed E-state index contributed by atoms with van der Waals surface area (Å²) >= 11 is 0. The number of piperidine rings is 1. The number of aromatic nitrogens is 2. The van der Waals surface area contributed by atoms with E-state index < -0.39 is 0 Å². The first-order chi connectivity index (χ1) is 11.2. The smallest absolute Gasteiger partial charge is 0.171 e. The summed E-state index contributed by atoms with van der Waals surface area (Å²) in [6, 6.07) is 9.34. The highest BCUT2D eigenvalue weighted by Crippen LogP contribution is 2.27. The zero-order valence-corrected chi connectivity index (χ0v) is 13.5. The molecular weight excluding hydrogens is 290 g/mol. The van der Waals surface area contributed by atoms with Crippen molar-refractivity contribution in [3.8, 4) is 5.75 Å². The second-order valence-electron chi connectivity index (χ2n) is 5.81. The Morgan fingerprint density at radius 2 is 2.13 bits per heavy atom. The van der Waals surface area contributed by atoms with E-state index in [2.05, 4.69) is 14.9 Å². The van der Waals surface area contributed by atoms with Gasteiger partial charge in [-0.15, -0.1) is 0 Å². The molecule has 0 N–H and O–H groups in total. The van der Waals surface area contributed by atoms with E-state index in [1.165, 1.54) is 0 Å². The molecule has 2 aromatic rings. The largest absolute Gasteiger partial charge is 0.496 e. The molecule has 120 valence electrons. The van der Waals surface area contributed by atoms with Gasteiger partial charge in [0.2, 0.25) is 0 Å². The molecule has 23 heavy (non-hydrogen) atoms. The van der Waals surface area contributed by atoms with Crippen LogP contribution in [0.4, 0.5) is 5.82 Å². The summed E-state index contributed by atoms with van der Waals surface area (Å²) in [7, 11) is 1.60. The summed E-state index contributed by atoms with van der Waals surface area (Å²) in [5.41, 5.74) is 0.667. The molecule has 1 aliphatic rings. The van der Waals surface area contributed by atoms with Gasteiger partial charge in [-0.1, -0.05) is 12.1 Å². The number of carbonyl (C=O) groups is 1. The Morgan fingerprint density at radius 3 is 2.91 bits per heavy atom. The van der Waals surface area contributed by atoms with Crippen LogP contribution in [0, 0.1) is 12.8 Å². The number of benzene rings is 1. The predicted octanol–water partition coefficient (Wildman–Crippen LogP) is 2.89. The average molecular weight is 311 g/mol. The minimum Gasteiger partial charge on any atom is -0.496 e. The van der Waals surface area contributed by atoms with E-state index in [0.717, 1.165) is 31.0 Å². The third kappa shape index (κ3) is 3.33.